The Balaban J connectivity index is 0.000000309. The van der Waals surface area contributed by atoms with E-state index < -0.39 is 14.3 Å². The fourth-order valence-corrected chi connectivity index (χ4v) is 7.70. The van der Waals surface area contributed by atoms with Crippen molar-refractivity contribution in [3.63, 3.8) is 0 Å². The molecule has 6 rings (SSSR count). The number of ketones is 1. The summed E-state index contributed by atoms with van der Waals surface area (Å²) in [5, 5.41) is 14.8. The van der Waals surface area contributed by atoms with Crippen LogP contribution in [0.3, 0.4) is 0 Å². The third kappa shape index (κ3) is 8.72. The van der Waals surface area contributed by atoms with Crippen molar-refractivity contribution in [1.29, 1.82) is 0 Å². The zero-order valence-electron chi connectivity index (χ0n) is 32.4. The number of nitrogens with zero attached hydrogens (tertiary/aromatic N) is 1. The Kier molecular flexibility index (Phi) is 13.5. The Labute approximate surface area is 332 Å². The van der Waals surface area contributed by atoms with Gasteiger partial charge in [0.25, 0.3) is 0 Å². The maximum atomic E-state index is 13.7. The van der Waals surface area contributed by atoms with E-state index in [1.807, 2.05) is 39.1 Å². The maximum absolute atomic E-state index is 13.7. The molecule has 0 aliphatic carbocycles. The zero-order chi connectivity index (χ0) is 38.7. The minimum Gasteiger partial charge on any atom is -0.511 e. The number of aryl methyl sites for hydroxylation is 2. The van der Waals surface area contributed by atoms with Crippen molar-refractivity contribution in [2.45, 2.75) is 81.1 Å². The molecule has 0 unspecified atom stereocenters. The minimum absolute atomic E-state index is 0. The van der Waals surface area contributed by atoms with E-state index in [-0.39, 0.29) is 36.3 Å². The van der Waals surface area contributed by atoms with Crippen molar-refractivity contribution in [3.05, 3.63) is 120 Å². The predicted octanol–water partition coefficient (Wildman–Crippen LogP) is 13.0. The van der Waals surface area contributed by atoms with Gasteiger partial charge in [-0.1, -0.05) is 109 Å². The van der Waals surface area contributed by atoms with E-state index in [0.29, 0.717) is 16.9 Å². The van der Waals surface area contributed by atoms with E-state index in [1.54, 1.807) is 36.4 Å². The van der Waals surface area contributed by atoms with Crippen LogP contribution in [0, 0.1) is 30.7 Å². The number of aromatic nitrogens is 1. The predicted molar refractivity (Wildman–Crippen MR) is 220 cm³/mol. The Morgan fingerprint density at radius 1 is 0.759 bits per heavy atom. The molecule has 1 heterocycles. The first-order valence-corrected chi connectivity index (χ1v) is 20.1. The van der Waals surface area contributed by atoms with Crippen LogP contribution >= 0.6 is 0 Å². The molecule has 54 heavy (non-hydrogen) atoms. The van der Waals surface area contributed by atoms with Crippen LogP contribution < -0.4 is 5.19 Å². The maximum Gasteiger partial charge on any atom is 0.653 e. The van der Waals surface area contributed by atoms with Gasteiger partial charge < -0.3 is 10.1 Å². The molecule has 8 heteroatoms. The van der Waals surface area contributed by atoms with E-state index >= 15 is 0 Å². The van der Waals surface area contributed by atoms with Crippen molar-refractivity contribution < 1.29 is 42.3 Å². The zero-order valence-corrected chi connectivity index (χ0v) is 35.8. The number of hydrogen-bond donors (Lipinski definition) is 1. The number of pyridine rings is 1. The normalized spacial score (nSPS) is 12.4. The second kappa shape index (κ2) is 17.1. The second-order valence-corrected chi connectivity index (χ2v) is 16.2. The summed E-state index contributed by atoms with van der Waals surface area (Å²) in [7, 11) is -5.95. The molecule has 1 aromatic heterocycles. The van der Waals surface area contributed by atoms with Crippen LogP contribution in [0.15, 0.2) is 103 Å². The molecule has 0 spiro atoms. The third-order valence-corrected chi connectivity index (χ3v) is 12.4. The Morgan fingerprint density at radius 2 is 1.39 bits per heavy atom. The smallest absolute Gasteiger partial charge is 0.511 e. The van der Waals surface area contributed by atoms with E-state index in [2.05, 4.69) is 82.1 Å². The van der Waals surface area contributed by atoms with E-state index in [9.17, 15) is 22.2 Å². The van der Waals surface area contributed by atoms with Crippen LogP contribution in [0.1, 0.15) is 78.4 Å². The van der Waals surface area contributed by atoms with Crippen molar-refractivity contribution in [2.24, 2.45) is 10.8 Å². The van der Waals surface area contributed by atoms with Crippen LogP contribution in [-0.4, -0.2) is 29.7 Å². The van der Waals surface area contributed by atoms with Crippen molar-refractivity contribution in [2.75, 3.05) is 0 Å². The van der Waals surface area contributed by atoms with Crippen molar-refractivity contribution >= 4 is 52.4 Å². The molecular formula is C46H50F3IrNO2Si. The molecular weight excluding hydrogens is 876 g/mol. The first kappa shape index (κ1) is 42.6. The Hall–Kier alpha value is -4.10. The van der Waals surface area contributed by atoms with Crippen LogP contribution in [0.25, 0.3) is 54.7 Å². The summed E-state index contributed by atoms with van der Waals surface area (Å²) in [5.74, 6) is 0.598. The van der Waals surface area contributed by atoms with Crippen molar-refractivity contribution in [3.8, 4) is 22.4 Å². The van der Waals surface area contributed by atoms with Gasteiger partial charge in [-0.2, -0.15) is 0 Å². The van der Waals surface area contributed by atoms with Crippen LogP contribution in [0.2, 0.25) is 0 Å². The number of halogens is 3. The Morgan fingerprint density at radius 3 is 2.00 bits per heavy atom. The van der Waals surface area contributed by atoms with Gasteiger partial charge in [0.05, 0.1) is 11.5 Å². The number of aliphatic hydroxyl groups excluding tert-OH is 1. The first-order valence-electron chi connectivity index (χ1n) is 18.5. The van der Waals surface area contributed by atoms with E-state index in [0.717, 1.165) is 80.7 Å². The number of benzene rings is 5. The summed E-state index contributed by atoms with van der Waals surface area (Å²) < 4.78 is 41.2. The standard InChI is InChI=1S/C31H21F3NSi.C15H28O2.Ir/c1-19-15-20(2)17-23(16-19)31-29-10-8-22-18-21(7-9-24(22)27(29)13-14-35-31)25-11-12-30(36(32,33)34)28-6-4-3-5-26(25)28;1-7-14(5,8-2)12(16)11-13(17)15(6,9-3)10-4;/h3-16,18H,1-2H3;11,16H,7-10H2,1-6H3;/q-1;;/p+1/b;12-11-;. The number of rotatable bonds is 10. The third-order valence-electron chi connectivity index (χ3n) is 11.3. The molecule has 6 aromatic rings. The van der Waals surface area contributed by atoms with Crippen LogP contribution in [0.4, 0.5) is 12.3 Å². The van der Waals surface area contributed by atoms with E-state index in [4.69, 9.17) is 0 Å². The number of aliphatic hydroxyl groups is 1. The van der Waals surface area contributed by atoms with Gasteiger partial charge in [0.15, 0.2) is 0 Å². The summed E-state index contributed by atoms with van der Waals surface area (Å²) in [6.07, 6.45) is 6.87. The number of allylic oxidation sites excluding steroid dienone is 2. The molecule has 0 saturated heterocycles. The molecule has 0 amide bonds. The summed E-state index contributed by atoms with van der Waals surface area (Å²) in [5.41, 5.74) is 5.34. The minimum atomic E-state index is -5.95. The van der Waals surface area contributed by atoms with Gasteiger partial charge in [0.2, 0.25) is 0 Å². The molecule has 0 aliphatic rings. The molecule has 0 aliphatic heterocycles. The quantitative estimate of drug-likeness (QED) is 0.0283. The van der Waals surface area contributed by atoms with Gasteiger partial charge in [-0.25, -0.2) is 12.3 Å². The van der Waals surface area contributed by atoms with Gasteiger partial charge in [-0.3, -0.25) is 4.79 Å². The number of carbonyl (C=O) groups excluding carboxylic acids is 1. The molecule has 0 atom stereocenters. The van der Waals surface area contributed by atoms with Gasteiger partial charge >= 0.3 is 14.9 Å². The SMILES string of the molecule is CCC(C)(CC)C(=[OH+])/C=C(\O)C(C)(CC)CC.Cc1[c-]c(-c2nccc3c2ccc2cc(-c4ccc([Si](F)(F)F)c5ccccc45)ccc23)cc(C)c1.[Ir]. The first-order chi connectivity index (χ1) is 25.1. The van der Waals surface area contributed by atoms with Gasteiger partial charge in [0.1, 0.15) is 5.76 Å². The fourth-order valence-electron chi connectivity index (χ4n) is 6.90. The summed E-state index contributed by atoms with van der Waals surface area (Å²) >= 11 is 0. The molecule has 0 saturated carbocycles. The Bertz CT molecular complexity index is 2300. The molecule has 2 N–H and O–H groups in total. The summed E-state index contributed by atoms with van der Waals surface area (Å²) in [6.45, 7) is 16.4. The molecule has 1 radical (unpaired) electrons. The van der Waals surface area contributed by atoms with Crippen LogP contribution in [0.5, 0.6) is 0 Å². The monoisotopic (exact) mass is 926 g/mol. The van der Waals surface area contributed by atoms with E-state index in [1.165, 1.54) is 6.07 Å². The molecule has 5 aromatic carbocycles. The second-order valence-electron chi connectivity index (χ2n) is 14.7. The fraction of sp³-hybridized carbons (Fsp3) is 0.304. The number of hydrogen-bond acceptors (Lipinski definition) is 2. The average molecular weight is 926 g/mol. The summed E-state index contributed by atoms with van der Waals surface area (Å²) in [4.78, 5) is 14.8. The van der Waals surface area contributed by atoms with Gasteiger partial charge in [-0.05, 0) is 93.9 Å². The topological polar surface area (TPSA) is 54.5 Å². The largest absolute Gasteiger partial charge is 0.653 e. The molecule has 0 bridgehead atoms. The molecule has 0 fully saturated rings. The average Bonchev–Trinajstić information content (AvgIpc) is 3.15. The van der Waals surface area contributed by atoms with Crippen molar-refractivity contribution in [1.82, 2.24) is 4.98 Å². The van der Waals surface area contributed by atoms with Gasteiger partial charge in [-0.15, -0.1) is 34.9 Å². The van der Waals surface area contributed by atoms with Crippen LogP contribution in [-0.2, 0) is 20.1 Å². The molecule has 3 nitrogen and oxygen atoms in total. The number of fused-ring (bicyclic) bond motifs is 4. The summed E-state index contributed by atoms with van der Waals surface area (Å²) in [6, 6.07) is 29.5. The van der Waals surface area contributed by atoms with Gasteiger partial charge in [0, 0.05) is 36.9 Å². The molecule has 285 valence electrons.